The second kappa shape index (κ2) is 7.87. The number of ether oxygens (including phenoxy) is 1. The van der Waals surface area contributed by atoms with Gasteiger partial charge in [0.05, 0.1) is 6.61 Å². The molecule has 0 aromatic carbocycles. The molecular formula is C16H23N7O. The van der Waals surface area contributed by atoms with Crippen molar-refractivity contribution in [2.75, 3.05) is 61.6 Å². The predicted octanol–water partition coefficient (Wildman–Crippen LogP) is 0.960. The maximum atomic E-state index is 5.06. The lowest BCUT2D eigenvalue weighted by atomic mass is 10.3. The van der Waals surface area contributed by atoms with Gasteiger partial charge in [-0.25, -0.2) is 15.0 Å². The number of rotatable bonds is 6. The van der Waals surface area contributed by atoms with Gasteiger partial charge in [0.25, 0.3) is 0 Å². The molecule has 2 aromatic rings. The molecule has 0 bridgehead atoms. The first-order valence-electron chi connectivity index (χ1n) is 8.11. The number of nitrogens with zero attached hydrogens (tertiary/aromatic N) is 6. The molecule has 1 fully saturated rings. The Bertz CT molecular complexity index is 644. The summed E-state index contributed by atoms with van der Waals surface area (Å²) in [5, 5.41) is 3.27. The Morgan fingerprint density at radius 3 is 2.38 bits per heavy atom. The van der Waals surface area contributed by atoms with Crippen LogP contribution in [0, 0.1) is 6.92 Å². The number of aromatic nitrogens is 4. The lowest BCUT2D eigenvalue weighted by molar-refractivity contribution is 0.210. The molecule has 0 unspecified atom stereocenters. The topological polar surface area (TPSA) is 79.3 Å². The van der Waals surface area contributed by atoms with Crippen LogP contribution in [0.5, 0.6) is 0 Å². The molecule has 1 aliphatic heterocycles. The van der Waals surface area contributed by atoms with Crippen LogP contribution in [0.1, 0.15) is 5.69 Å². The van der Waals surface area contributed by atoms with Crippen LogP contribution in [-0.2, 0) is 4.74 Å². The van der Waals surface area contributed by atoms with Crippen molar-refractivity contribution in [3.8, 4) is 0 Å². The monoisotopic (exact) mass is 329 g/mol. The van der Waals surface area contributed by atoms with E-state index in [4.69, 9.17) is 4.74 Å². The number of nitrogens with one attached hydrogen (secondary N) is 1. The van der Waals surface area contributed by atoms with Gasteiger partial charge in [0.1, 0.15) is 5.82 Å². The number of anilines is 3. The summed E-state index contributed by atoms with van der Waals surface area (Å²) < 4.78 is 5.06. The highest BCUT2D eigenvalue weighted by molar-refractivity contribution is 5.45. The minimum absolute atomic E-state index is 0.647. The predicted molar refractivity (Wildman–Crippen MR) is 93.6 cm³/mol. The van der Waals surface area contributed by atoms with E-state index in [0.29, 0.717) is 6.61 Å². The molecular weight excluding hydrogens is 306 g/mol. The zero-order valence-corrected chi connectivity index (χ0v) is 14.1. The molecule has 0 aliphatic carbocycles. The second-order valence-corrected chi connectivity index (χ2v) is 5.64. The van der Waals surface area contributed by atoms with Crippen molar-refractivity contribution < 1.29 is 4.74 Å². The quantitative estimate of drug-likeness (QED) is 0.785. The lowest BCUT2D eigenvalue weighted by Gasteiger charge is -2.34. The van der Waals surface area contributed by atoms with Crippen molar-refractivity contribution in [2.24, 2.45) is 0 Å². The summed E-state index contributed by atoms with van der Waals surface area (Å²) in [5.41, 5.74) is 0.953. The molecule has 0 atom stereocenters. The highest BCUT2D eigenvalue weighted by atomic mass is 16.5. The summed E-state index contributed by atoms with van der Waals surface area (Å²) in [5.74, 6) is 2.39. The van der Waals surface area contributed by atoms with Gasteiger partial charge >= 0.3 is 0 Å². The van der Waals surface area contributed by atoms with Gasteiger partial charge in [-0.1, -0.05) is 0 Å². The van der Waals surface area contributed by atoms with Crippen LogP contribution >= 0.6 is 0 Å². The Morgan fingerprint density at radius 1 is 1.04 bits per heavy atom. The first-order valence-corrected chi connectivity index (χ1v) is 8.11. The third-order valence-corrected chi connectivity index (χ3v) is 3.85. The molecule has 3 rings (SSSR count). The zero-order chi connectivity index (χ0) is 16.8. The first kappa shape index (κ1) is 16.4. The molecule has 24 heavy (non-hydrogen) atoms. The number of hydrogen-bond donors (Lipinski definition) is 1. The summed E-state index contributed by atoms with van der Waals surface area (Å²) in [6.07, 6.45) is 3.55. The molecule has 8 heteroatoms. The Morgan fingerprint density at radius 2 is 1.71 bits per heavy atom. The van der Waals surface area contributed by atoms with Crippen LogP contribution in [0.3, 0.4) is 0 Å². The summed E-state index contributed by atoms with van der Waals surface area (Å²) >= 11 is 0. The van der Waals surface area contributed by atoms with Gasteiger partial charge in [-0.15, -0.1) is 0 Å². The van der Waals surface area contributed by atoms with Crippen molar-refractivity contribution >= 4 is 17.7 Å². The average Bonchev–Trinajstić information content (AvgIpc) is 2.62. The van der Waals surface area contributed by atoms with Gasteiger partial charge in [-0.2, -0.15) is 4.98 Å². The Labute approximate surface area is 141 Å². The average molecular weight is 329 g/mol. The molecule has 3 heterocycles. The molecule has 2 aromatic heterocycles. The molecule has 0 radical (unpaired) electrons. The van der Waals surface area contributed by atoms with E-state index in [-0.39, 0.29) is 0 Å². The van der Waals surface area contributed by atoms with Crippen LogP contribution < -0.4 is 15.1 Å². The Balaban J connectivity index is 1.63. The molecule has 1 aliphatic rings. The molecule has 0 spiro atoms. The largest absolute Gasteiger partial charge is 0.383 e. The molecule has 0 saturated carbocycles. The van der Waals surface area contributed by atoms with E-state index in [9.17, 15) is 0 Å². The summed E-state index contributed by atoms with van der Waals surface area (Å²) in [6.45, 7) is 6.76. The lowest BCUT2D eigenvalue weighted by Crippen LogP contribution is -2.47. The zero-order valence-electron chi connectivity index (χ0n) is 14.1. The molecule has 8 nitrogen and oxygen atoms in total. The van der Waals surface area contributed by atoms with Crippen LogP contribution in [-0.4, -0.2) is 66.4 Å². The van der Waals surface area contributed by atoms with Gasteiger partial charge < -0.3 is 19.9 Å². The van der Waals surface area contributed by atoms with Crippen molar-refractivity contribution in [3.63, 3.8) is 0 Å². The summed E-state index contributed by atoms with van der Waals surface area (Å²) in [7, 11) is 1.69. The fourth-order valence-corrected chi connectivity index (χ4v) is 2.63. The van der Waals surface area contributed by atoms with E-state index >= 15 is 0 Å². The normalized spacial score (nSPS) is 14.8. The van der Waals surface area contributed by atoms with E-state index in [2.05, 4.69) is 35.1 Å². The third kappa shape index (κ3) is 4.08. The highest BCUT2D eigenvalue weighted by Crippen LogP contribution is 2.17. The molecule has 0 amide bonds. The molecule has 1 saturated heterocycles. The van der Waals surface area contributed by atoms with Gasteiger partial charge in [0, 0.05) is 64.0 Å². The van der Waals surface area contributed by atoms with E-state index < -0.39 is 0 Å². The second-order valence-electron chi connectivity index (χ2n) is 5.64. The molecule has 128 valence electrons. The highest BCUT2D eigenvalue weighted by Gasteiger charge is 2.21. The van der Waals surface area contributed by atoms with E-state index in [1.165, 1.54) is 0 Å². The maximum absolute atomic E-state index is 5.06. The van der Waals surface area contributed by atoms with Gasteiger partial charge in [-0.05, 0) is 13.0 Å². The summed E-state index contributed by atoms with van der Waals surface area (Å²) in [6, 6.07) is 3.78. The van der Waals surface area contributed by atoms with Gasteiger partial charge in [0.2, 0.25) is 11.9 Å². The Hall–Kier alpha value is -2.48. The van der Waals surface area contributed by atoms with Crippen LogP contribution in [0.15, 0.2) is 24.5 Å². The van der Waals surface area contributed by atoms with Crippen molar-refractivity contribution in [3.05, 3.63) is 30.2 Å². The molecule has 1 N–H and O–H groups in total. The van der Waals surface area contributed by atoms with Crippen LogP contribution in [0.2, 0.25) is 0 Å². The fraction of sp³-hybridized carbons (Fsp3) is 0.500. The minimum Gasteiger partial charge on any atom is -0.383 e. The fourth-order valence-electron chi connectivity index (χ4n) is 2.63. The van der Waals surface area contributed by atoms with Crippen molar-refractivity contribution in [1.82, 2.24) is 19.9 Å². The number of hydrogen-bond acceptors (Lipinski definition) is 8. The van der Waals surface area contributed by atoms with Gasteiger partial charge in [-0.3, -0.25) is 0 Å². The van der Waals surface area contributed by atoms with E-state index in [1.54, 1.807) is 19.5 Å². The number of piperazine rings is 1. The van der Waals surface area contributed by atoms with Crippen molar-refractivity contribution in [1.29, 1.82) is 0 Å². The minimum atomic E-state index is 0.647. The van der Waals surface area contributed by atoms with Crippen molar-refractivity contribution in [2.45, 2.75) is 6.92 Å². The van der Waals surface area contributed by atoms with Crippen LogP contribution in [0.25, 0.3) is 0 Å². The first-order chi connectivity index (χ1) is 11.8. The van der Waals surface area contributed by atoms with E-state index in [1.807, 2.05) is 19.1 Å². The van der Waals surface area contributed by atoms with Crippen LogP contribution in [0.4, 0.5) is 17.7 Å². The van der Waals surface area contributed by atoms with E-state index in [0.717, 1.165) is 56.1 Å². The Kier molecular flexibility index (Phi) is 5.37. The summed E-state index contributed by atoms with van der Waals surface area (Å²) in [4.78, 5) is 22.2. The smallest absolute Gasteiger partial charge is 0.227 e. The standard InChI is InChI=1S/C16H23N7O/c1-13-12-14(17-6-11-24-2)21-16(20-13)23-9-7-22(8-10-23)15-18-4-3-5-19-15/h3-5,12H,6-11H2,1-2H3,(H,17,20,21). The SMILES string of the molecule is COCCNc1cc(C)nc(N2CCN(c3ncccn3)CC2)n1. The number of aryl methyl sites for hydroxylation is 1. The third-order valence-electron chi connectivity index (χ3n) is 3.85. The van der Waals surface area contributed by atoms with Gasteiger partial charge in [0.15, 0.2) is 0 Å². The maximum Gasteiger partial charge on any atom is 0.227 e. The number of methoxy groups -OCH3 is 1.